The van der Waals surface area contributed by atoms with Crippen LogP contribution in [0.25, 0.3) is 0 Å². The van der Waals surface area contributed by atoms with E-state index in [1.165, 1.54) is 42.6 Å². The number of amides is 3. The van der Waals surface area contributed by atoms with Crippen molar-refractivity contribution in [1.29, 1.82) is 0 Å². The number of aryl methyl sites for hydroxylation is 1. The Balaban J connectivity index is 1.63. The molecule has 31 heavy (non-hydrogen) atoms. The number of halogens is 1. The van der Waals surface area contributed by atoms with E-state index >= 15 is 0 Å². The fourth-order valence-electron chi connectivity index (χ4n) is 2.66. The number of nitrogens with one attached hydrogen (secondary N) is 3. The summed E-state index contributed by atoms with van der Waals surface area (Å²) < 4.78 is 12.9. The zero-order valence-electron chi connectivity index (χ0n) is 16.6. The Labute approximate surface area is 178 Å². The Bertz CT molecular complexity index is 1140. The maximum Gasteiger partial charge on any atom is 0.329 e. The van der Waals surface area contributed by atoms with Crippen LogP contribution in [0, 0.1) is 12.7 Å². The second-order valence-corrected chi connectivity index (χ2v) is 6.57. The zero-order valence-corrected chi connectivity index (χ0v) is 16.6. The molecule has 3 aromatic carbocycles. The van der Waals surface area contributed by atoms with E-state index in [1.54, 1.807) is 18.2 Å². The van der Waals surface area contributed by atoms with Crippen LogP contribution in [-0.4, -0.2) is 23.9 Å². The van der Waals surface area contributed by atoms with Gasteiger partial charge in [-0.2, -0.15) is 5.10 Å². The van der Waals surface area contributed by atoms with Gasteiger partial charge in [-0.15, -0.1) is 0 Å². The van der Waals surface area contributed by atoms with Gasteiger partial charge in [0.1, 0.15) is 5.82 Å². The van der Waals surface area contributed by atoms with Crippen LogP contribution >= 0.6 is 0 Å². The highest BCUT2D eigenvalue weighted by atomic mass is 19.1. The molecule has 0 aliphatic carbocycles. The lowest BCUT2D eigenvalue weighted by Gasteiger charge is -2.11. The van der Waals surface area contributed by atoms with Crippen molar-refractivity contribution in [2.45, 2.75) is 6.92 Å². The lowest BCUT2D eigenvalue weighted by Crippen LogP contribution is -2.33. The number of rotatable bonds is 5. The molecule has 0 unspecified atom stereocenters. The largest absolute Gasteiger partial charge is 0.329 e. The first-order chi connectivity index (χ1) is 14.9. The minimum Gasteiger partial charge on any atom is -0.322 e. The van der Waals surface area contributed by atoms with Crippen LogP contribution in [0.4, 0.5) is 15.8 Å². The molecule has 156 valence electrons. The Kier molecular flexibility index (Phi) is 6.85. The van der Waals surface area contributed by atoms with Crippen LogP contribution in [0.15, 0.2) is 77.9 Å². The summed E-state index contributed by atoms with van der Waals surface area (Å²) >= 11 is 0. The molecule has 0 heterocycles. The number of hydrazone groups is 1. The van der Waals surface area contributed by atoms with Crippen LogP contribution in [-0.2, 0) is 9.59 Å². The summed E-state index contributed by atoms with van der Waals surface area (Å²) in [6.45, 7) is 1.90. The van der Waals surface area contributed by atoms with Gasteiger partial charge in [0.05, 0.1) is 17.5 Å². The number of para-hydroxylation sites is 1. The highest BCUT2D eigenvalue weighted by Crippen LogP contribution is 2.18. The minimum absolute atomic E-state index is 0.176. The van der Waals surface area contributed by atoms with Crippen molar-refractivity contribution in [1.82, 2.24) is 5.43 Å². The number of anilines is 2. The van der Waals surface area contributed by atoms with E-state index in [9.17, 15) is 18.8 Å². The topological polar surface area (TPSA) is 99.7 Å². The minimum atomic E-state index is -1.02. The Morgan fingerprint density at radius 3 is 2.35 bits per heavy atom. The van der Waals surface area contributed by atoms with E-state index in [1.807, 2.05) is 25.1 Å². The second-order valence-electron chi connectivity index (χ2n) is 6.57. The van der Waals surface area contributed by atoms with Crippen LogP contribution in [0.5, 0.6) is 0 Å². The molecule has 0 aromatic heterocycles. The van der Waals surface area contributed by atoms with E-state index in [2.05, 4.69) is 21.2 Å². The quantitative estimate of drug-likeness (QED) is 0.336. The summed E-state index contributed by atoms with van der Waals surface area (Å²) in [5.74, 6) is -2.85. The summed E-state index contributed by atoms with van der Waals surface area (Å²) in [7, 11) is 0. The molecule has 0 aliphatic rings. The predicted molar refractivity (Wildman–Crippen MR) is 116 cm³/mol. The molecule has 0 saturated heterocycles. The van der Waals surface area contributed by atoms with Gasteiger partial charge in [0, 0.05) is 5.69 Å². The zero-order chi connectivity index (χ0) is 22.2. The third kappa shape index (κ3) is 6.07. The van der Waals surface area contributed by atoms with Crippen LogP contribution in [0.1, 0.15) is 21.5 Å². The fraction of sp³-hybridized carbons (Fsp3) is 0.0435. The maximum absolute atomic E-state index is 12.9. The van der Waals surface area contributed by atoms with Crippen molar-refractivity contribution < 1.29 is 18.8 Å². The van der Waals surface area contributed by atoms with Gasteiger partial charge in [0.15, 0.2) is 0 Å². The lowest BCUT2D eigenvalue weighted by molar-refractivity contribution is -0.136. The Morgan fingerprint density at radius 2 is 1.61 bits per heavy atom. The lowest BCUT2D eigenvalue weighted by atomic mass is 10.1. The average molecular weight is 418 g/mol. The summed E-state index contributed by atoms with van der Waals surface area (Å²) in [6, 6.07) is 19.0. The van der Waals surface area contributed by atoms with E-state index < -0.39 is 23.5 Å². The van der Waals surface area contributed by atoms with E-state index in [0.717, 1.165) is 5.56 Å². The van der Waals surface area contributed by atoms with Gasteiger partial charge >= 0.3 is 11.8 Å². The van der Waals surface area contributed by atoms with Gasteiger partial charge in [-0.25, -0.2) is 9.82 Å². The highest BCUT2D eigenvalue weighted by Gasteiger charge is 2.17. The van der Waals surface area contributed by atoms with Gasteiger partial charge in [-0.3, -0.25) is 14.4 Å². The van der Waals surface area contributed by atoms with E-state index in [-0.39, 0.29) is 11.3 Å². The first-order valence-electron chi connectivity index (χ1n) is 9.29. The van der Waals surface area contributed by atoms with Gasteiger partial charge < -0.3 is 10.6 Å². The smallest absolute Gasteiger partial charge is 0.322 e. The Hall–Kier alpha value is -4.33. The third-order valence-electron chi connectivity index (χ3n) is 4.15. The third-order valence-corrected chi connectivity index (χ3v) is 4.15. The van der Waals surface area contributed by atoms with Crippen molar-refractivity contribution in [2.24, 2.45) is 5.10 Å². The molecule has 3 rings (SSSR count). The molecular weight excluding hydrogens is 399 g/mol. The van der Waals surface area contributed by atoms with E-state index in [4.69, 9.17) is 0 Å². The van der Waals surface area contributed by atoms with E-state index in [0.29, 0.717) is 11.3 Å². The Morgan fingerprint density at radius 1 is 0.871 bits per heavy atom. The predicted octanol–water partition coefficient (Wildman–Crippen LogP) is 3.48. The summed E-state index contributed by atoms with van der Waals surface area (Å²) in [5.41, 5.74) is 4.59. The molecule has 0 saturated carbocycles. The number of nitrogens with zero attached hydrogens (tertiary/aromatic N) is 1. The molecule has 7 nitrogen and oxygen atoms in total. The molecule has 3 aromatic rings. The molecule has 0 spiro atoms. The summed E-state index contributed by atoms with van der Waals surface area (Å²) in [6.07, 6.45) is 1.27. The number of hydrogen-bond donors (Lipinski definition) is 3. The first-order valence-corrected chi connectivity index (χ1v) is 9.29. The molecule has 0 fully saturated rings. The highest BCUT2D eigenvalue weighted by molar-refractivity contribution is 6.40. The first kappa shape index (κ1) is 21.4. The SMILES string of the molecule is Cc1cccc(NC(=O)c2ccccc2NC(=O)C(=O)N/N=C\c2ccc(F)cc2)c1. The van der Waals surface area contributed by atoms with Crippen LogP contribution < -0.4 is 16.1 Å². The van der Waals surface area contributed by atoms with Gasteiger partial charge in [-0.05, 0) is 54.4 Å². The molecule has 0 aliphatic heterocycles. The number of carbonyl (C=O) groups excluding carboxylic acids is 3. The van der Waals surface area contributed by atoms with Crippen molar-refractivity contribution in [3.8, 4) is 0 Å². The maximum atomic E-state index is 12.9. The molecular formula is C23H19FN4O3. The van der Waals surface area contributed by atoms with Crippen molar-refractivity contribution >= 4 is 35.3 Å². The molecule has 3 N–H and O–H groups in total. The fourth-order valence-corrected chi connectivity index (χ4v) is 2.66. The normalized spacial score (nSPS) is 10.5. The van der Waals surface area contributed by atoms with Gasteiger partial charge in [-0.1, -0.05) is 36.4 Å². The van der Waals surface area contributed by atoms with Gasteiger partial charge in [0.2, 0.25) is 0 Å². The average Bonchev–Trinajstić information content (AvgIpc) is 2.75. The molecule has 0 bridgehead atoms. The number of benzene rings is 3. The van der Waals surface area contributed by atoms with Crippen molar-refractivity contribution in [3.05, 3.63) is 95.3 Å². The number of hydrogen-bond acceptors (Lipinski definition) is 4. The van der Waals surface area contributed by atoms with Crippen molar-refractivity contribution in [2.75, 3.05) is 10.6 Å². The molecule has 3 amide bonds. The molecule has 0 radical (unpaired) electrons. The van der Waals surface area contributed by atoms with Crippen molar-refractivity contribution in [3.63, 3.8) is 0 Å². The second kappa shape index (κ2) is 9.93. The standard InChI is InChI=1S/C23H19FN4O3/c1-15-5-4-6-18(13-15)26-21(29)19-7-2-3-8-20(19)27-22(30)23(31)28-25-14-16-9-11-17(24)12-10-16/h2-14H,1H3,(H,26,29)(H,27,30)(H,28,31)/b25-14-. The number of carbonyl (C=O) groups is 3. The summed E-state index contributed by atoms with van der Waals surface area (Å²) in [4.78, 5) is 36.8. The summed E-state index contributed by atoms with van der Waals surface area (Å²) in [5, 5.41) is 8.83. The van der Waals surface area contributed by atoms with Gasteiger partial charge in [0.25, 0.3) is 5.91 Å². The molecule has 0 atom stereocenters. The monoisotopic (exact) mass is 418 g/mol. The van der Waals surface area contributed by atoms with Crippen LogP contribution in [0.2, 0.25) is 0 Å². The molecule has 8 heteroatoms. The van der Waals surface area contributed by atoms with Crippen LogP contribution in [0.3, 0.4) is 0 Å².